The Kier molecular flexibility index (Phi) is 4.28. The molecule has 0 atom stereocenters. The van der Waals surface area contributed by atoms with Crippen LogP contribution in [0.3, 0.4) is 0 Å². The fourth-order valence-corrected chi connectivity index (χ4v) is 1.49. The SMILES string of the molecule is N#CC(C#N)=NNc1ccccc1-c1noc(CCl)n1. The van der Waals surface area contributed by atoms with Crippen LogP contribution in [0.4, 0.5) is 5.69 Å². The minimum Gasteiger partial charge on any atom is -0.338 e. The Morgan fingerprint density at radius 1 is 1.35 bits per heavy atom. The summed E-state index contributed by atoms with van der Waals surface area (Å²) in [4.78, 5) is 4.10. The number of nitrogens with zero attached hydrogens (tertiary/aromatic N) is 5. The molecule has 0 amide bonds. The van der Waals surface area contributed by atoms with Gasteiger partial charge in [0.05, 0.1) is 5.69 Å². The molecule has 20 heavy (non-hydrogen) atoms. The lowest BCUT2D eigenvalue weighted by Gasteiger charge is -2.04. The van der Waals surface area contributed by atoms with Crippen molar-refractivity contribution in [3.05, 3.63) is 30.2 Å². The summed E-state index contributed by atoms with van der Waals surface area (Å²) in [5.41, 5.74) is 3.50. The van der Waals surface area contributed by atoms with Crippen LogP contribution in [-0.2, 0) is 5.88 Å². The van der Waals surface area contributed by atoms with Crippen LogP contribution in [0.5, 0.6) is 0 Å². The minimum atomic E-state index is -0.283. The van der Waals surface area contributed by atoms with Gasteiger partial charge in [-0.05, 0) is 12.1 Å². The maximum absolute atomic E-state index is 8.63. The van der Waals surface area contributed by atoms with Crippen LogP contribution < -0.4 is 5.43 Å². The number of anilines is 1. The molecule has 0 bridgehead atoms. The maximum Gasteiger partial charge on any atom is 0.241 e. The van der Waals surface area contributed by atoms with Gasteiger partial charge in [-0.1, -0.05) is 17.3 Å². The fraction of sp³-hybridized carbons (Fsp3) is 0.0833. The predicted octanol–water partition coefficient (Wildman–Crippen LogP) is 2.29. The number of halogens is 1. The summed E-state index contributed by atoms with van der Waals surface area (Å²) in [6.45, 7) is 0. The molecule has 2 aromatic rings. The molecule has 1 heterocycles. The van der Waals surface area contributed by atoms with Crippen LogP contribution in [0, 0.1) is 22.7 Å². The van der Waals surface area contributed by atoms with Gasteiger partial charge in [-0.15, -0.1) is 11.6 Å². The third-order valence-electron chi connectivity index (χ3n) is 2.25. The Hall–Kier alpha value is -2.90. The van der Waals surface area contributed by atoms with Crippen molar-refractivity contribution in [1.29, 1.82) is 10.5 Å². The lowest BCUT2D eigenvalue weighted by molar-refractivity contribution is 0.391. The number of alkyl halides is 1. The lowest BCUT2D eigenvalue weighted by Crippen LogP contribution is -1.98. The quantitative estimate of drug-likeness (QED) is 0.524. The second-order valence-electron chi connectivity index (χ2n) is 3.49. The minimum absolute atomic E-state index is 0.119. The molecule has 8 heteroatoms. The number of rotatable bonds is 4. The smallest absolute Gasteiger partial charge is 0.241 e. The number of aromatic nitrogens is 2. The zero-order valence-corrected chi connectivity index (χ0v) is 10.8. The average molecular weight is 287 g/mol. The number of hydrogen-bond donors (Lipinski definition) is 1. The Bertz CT molecular complexity index is 708. The standard InChI is InChI=1S/C12H7ClN6O/c13-5-11-16-12(19-20-11)9-3-1-2-4-10(9)18-17-8(6-14)7-15/h1-4,18H,5H2. The molecule has 0 saturated carbocycles. The molecule has 0 unspecified atom stereocenters. The zero-order chi connectivity index (χ0) is 14.4. The molecule has 0 aliphatic carbocycles. The maximum atomic E-state index is 8.63. The number of para-hydroxylation sites is 1. The Morgan fingerprint density at radius 3 is 2.75 bits per heavy atom. The molecule has 2 rings (SSSR count). The third-order valence-corrected chi connectivity index (χ3v) is 2.48. The van der Waals surface area contributed by atoms with Gasteiger partial charge in [0, 0.05) is 5.56 Å². The molecule has 1 aromatic heterocycles. The molecule has 0 aliphatic heterocycles. The van der Waals surface area contributed by atoms with Crippen LogP contribution in [0.2, 0.25) is 0 Å². The van der Waals surface area contributed by atoms with Gasteiger partial charge in [0.25, 0.3) is 0 Å². The van der Waals surface area contributed by atoms with Crippen molar-refractivity contribution in [2.75, 3.05) is 5.43 Å². The zero-order valence-electron chi connectivity index (χ0n) is 10.0. The first kappa shape index (κ1) is 13.5. The first-order chi connectivity index (χ1) is 9.78. The number of nitrogens with one attached hydrogen (secondary N) is 1. The molecular formula is C12H7ClN6O. The molecule has 1 aromatic carbocycles. The highest BCUT2D eigenvalue weighted by Gasteiger charge is 2.11. The highest BCUT2D eigenvalue weighted by atomic mass is 35.5. The highest BCUT2D eigenvalue weighted by Crippen LogP contribution is 2.25. The summed E-state index contributed by atoms with van der Waals surface area (Å²) in [7, 11) is 0. The van der Waals surface area contributed by atoms with Crippen LogP contribution >= 0.6 is 11.6 Å². The van der Waals surface area contributed by atoms with E-state index in [4.69, 9.17) is 26.6 Å². The van der Waals surface area contributed by atoms with E-state index in [1.165, 1.54) is 0 Å². The van der Waals surface area contributed by atoms with Crippen molar-refractivity contribution < 1.29 is 4.52 Å². The summed E-state index contributed by atoms with van der Waals surface area (Å²) >= 11 is 5.60. The van der Waals surface area contributed by atoms with Gasteiger partial charge in [-0.3, -0.25) is 5.43 Å². The molecule has 98 valence electrons. The van der Waals surface area contributed by atoms with Gasteiger partial charge < -0.3 is 4.52 Å². The largest absolute Gasteiger partial charge is 0.338 e. The van der Waals surface area contributed by atoms with Crippen molar-refractivity contribution in [1.82, 2.24) is 10.1 Å². The first-order valence-electron chi connectivity index (χ1n) is 5.40. The second kappa shape index (κ2) is 6.32. The van der Waals surface area contributed by atoms with E-state index >= 15 is 0 Å². The molecule has 1 N–H and O–H groups in total. The van der Waals surface area contributed by atoms with Crippen molar-refractivity contribution in [2.45, 2.75) is 5.88 Å². The first-order valence-corrected chi connectivity index (χ1v) is 5.93. The molecule has 0 radical (unpaired) electrons. The van der Waals surface area contributed by atoms with E-state index in [1.807, 2.05) is 0 Å². The summed E-state index contributed by atoms with van der Waals surface area (Å²) in [5.74, 6) is 0.762. The van der Waals surface area contributed by atoms with E-state index in [-0.39, 0.29) is 11.6 Å². The summed E-state index contributed by atoms with van der Waals surface area (Å²) < 4.78 is 4.93. The molecule has 0 fully saturated rings. The summed E-state index contributed by atoms with van der Waals surface area (Å²) in [6, 6.07) is 10.3. The fourth-order valence-electron chi connectivity index (χ4n) is 1.39. The predicted molar refractivity (Wildman–Crippen MR) is 71.6 cm³/mol. The van der Waals surface area contributed by atoms with Crippen LogP contribution in [-0.4, -0.2) is 15.9 Å². The molecule has 7 nitrogen and oxygen atoms in total. The van der Waals surface area contributed by atoms with Gasteiger partial charge in [0.1, 0.15) is 18.0 Å². The average Bonchev–Trinajstić information content (AvgIpc) is 2.97. The van der Waals surface area contributed by atoms with Crippen LogP contribution in [0.25, 0.3) is 11.4 Å². The van der Waals surface area contributed by atoms with E-state index in [2.05, 4.69) is 20.7 Å². The number of benzene rings is 1. The molecule has 0 spiro atoms. The van der Waals surface area contributed by atoms with Crippen molar-refractivity contribution >= 4 is 23.0 Å². The summed E-state index contributed by atoms with van der Waals surface area (Å²) in [6.07, 6.45) is 0. The van der Waals surface area contributed by atoms with Crippen LogP contribution in [0.15, 0.2) is 33.9 Å². The third kappa shape index (κ3) is 2.91. The number of nitriles is 2. The normalized spacial score (nSPS) is 9.35. The Balaban J connectivity index is 2.34. The second-order valence-corrected chi connectivity index (χ2v) is 3.75. The van der Waals surface area contributed by atoms with Gasteiger partial charge >= 0.3 is 0 Å². The van der Waals surface area contributed by atoms with Gasteiger partial charge in [0.15, 0.2) is 0 Å². The number of hydrogen-bond acceptors (Lipinski definition) is 7. The van der Waals surface area contributed by atoms with E-state index in [0.717, 1.165) is 0 Å². The topological polar surface area (TPSA) is 111 Å². The molecule has 0 aliphatic rings. The van der Waals surface area contributed by atoms with Gasteiger partial charge in [-0.25, -0.2) is 0 Å². The lowest BCUT2D eigenvalue weighted by atomic mass is 10.2. The van der Waals surface area contributed by atoms with E-state index < -0.39 is 0 Å². The molecule has 0 saturated heterocycles. The summed E-state index contributed by atoms with van der Waals surface area (Å²) in [5, 5.41) is 24.7. The van der Waals surface area contributed by atoms with Gasteiger partial charge in [0.2, 0.25) is 17.4 Å². The highest BCUT2D eigenvalue weighted by molar-refractivity contribution is 6.16. The monoisotopic (exact) mass is 286 g/mol. The van der Waals surface area contributed by atoms with Crippen molar-refractivity contribution in [3.63, 3.8) is 0 Å². The molecular weight excluding hydrogens is 280 g/mol. The number of hydrazone groups is 1. The van der Waals surface area contributed by atoms with E-state index in [9.17, 15) is 0 Å². The Morgan fingerprint density at radius 2 is 2.10 bits per heavy atom. The van der Waals surface area contributed by atoms with E-state index in [0.29, 0.717) is 23.0 Å². The van der Waals surface area contributed by atoms with Crippen molar-refractivity contribution in [2.24, 2.45) is 5.10 Å². The Labute approximate surface area is 119 Å². The van der Waals surface area contributed by atoms with Crippen LogP contribution in [0.1, 0.15) is 5.89 Å². The van der Waals surface area contributed by atoms with Gasteiger partial charge in [-0.2, -0.15) is 20.6 Å². The van der Waals surface area contributed by atoms with E-state index in [1.54, 1.807) is 36.4 Å². The van der Waals surface area contributed by atoms with Crippen molar-refractivity contribution in [3.8, 4) is 23.5 Å².